The highest BCUT2D eigenvalue weighted by Gasteiger charge is 2.30. The summed E-state index contributed by atoms with van der Waals surface area (Å²) in [5.41, 5.74) is 1.29. The maximum absolute atomic E-state index is 12.5. The summed E-state index contributed by atoms with van der Waals surface area (Å²) in [5, 5.41) is 8.29. The molecule has 0 saturated heterocycles. The summed E-state index contributed by atoms with van der Waals surface area (Å²) in [6, 6.07) is 7.88. The highest BCUT2D eigenvalue weighted by Crippen LogP contribution is 2.29. The van der Waals surface area contributed by atoms with Gasteiger partial charge in [0.2, 0.25) is 10.0 Å². The third kappa shape index (κ3) is 5.41. The van der Waals surface area contributed by atoms with Gasteiger partial charge < -0.3 is 0 Å². The molecule has 0 fully saturated rings. The number of rotatable bonds is 7. The van der Waals surface area contributed by atoms with Crippen molar-refractivity contribution < 1.29 is 21.6 Å². The molecule has 0 unspecified atom stereocenters. The molecule has 0 bridgehead atoms. The molecule has 0 amide bonds. The Bertz CT molecular complexity index is 979. The first-order valence-electron chi connectivity index (χ1n) is 7.92. The van der Waals surface area contributed by atoms with Gasteiger partial charge in [0.25, 0.3) is 0 Å². The Labute approximate surface area is 158 Å². The van der Waals surface area contributed by atoms with Crippen LogP contribution in [0.4, 0.5) is 13.2 Å². The molecule has 0 radical (unpaired) electrons. The molecule has 0 atom stereocenters. The van der Waals surface area contributed by atoms with Crippen molar-refractivity contribution >= 4 is 21.4 Å². The van der Waals surface area contributed by atoms with E-state index in [4.69, 9.17) is 0 Å². The van der Waals surface area contributed by atoms with E-state index in [-0.39, 0.29) is 17.9 Å². The number of alkyl halides is 3. The van der Waals surface area contributed by atoms with Gasteiger partial charge in [-0.15, -0.1) is 0 Å². The zero-order valence-corrected chi connectivity index (χ0v) is 15.6. The summed E-state index contributed by atoms with van der Waals surface area (Å²) in [4.78, 5) is 0. The number of sulfonamides is 1. The van der Waals surface area contributed by atoms with Crippen molar-refractivity contribution in [2.45, 2.75) is 18.5 Å². The van der Waals surface area contributed by atoms with Crippen LogP contribution in [0.15, 0.2) is 53.4 Å². The van der Waals surface area contributed by atoms with E-state index in [2.05, 4.69) is 9.82 Å². The molecule has 0 aliphatic heterocycles. The quantitative estimate of drug-likeness (QED) is 0.639. The SMILES string of the molecule is O=S(=O)(Cc1ccc(C(F)(F)F)cc1)NCCn1ccc(-c2ccsc2)n1. The van der Waals surface area contributed by atoms with Crippen LogP contribution in [-0.4, -0.2) is 24.7 Å². The Kier molecular flexibility index (Phi) is 5.68. The van der Waals surface area contributed by atoms with E-state index in [0.717, 1.165) is 23.4 Å². The van der Waals surface area contributed by atoms with E-state index in [9.17, 15) is 21.6 Å². The Balaban J connectivity index is 1.53. The highest BCUT2D eigenvalue weighted by molar-refractivity contribution is 7.88. The van der Waals surface area contributed by atoms with Crippen molar-refractivity contribution in [3.63, 3.8) is 0 Å². The lowest BCUT2D eigenvalue weighted by atomic mass is 10.1. The molecule has 0 saturated carbocycles. The van der Waals surface area contributed by atoms with E-state index in [1.807, 2.05) is 22.9 Å². The lowest BCUT2D eigenvalue weighted by Crippen LogP contribution is -2.28. The van der Waals surface area contributed by atoms with Crippen molar-refractivity contribution in [2.75, 3.05) is 6.54 Å². The second-order valence-corrected chi connectivity index (χ2v) is 8.41. The standard InChI is InChI=1S/C17H16F3N3O2S2/c18-17(19,20)15-3-1-13(2-4-15)12-27(24,25)21-7-9-23-8-5-16(22-23)14-6-10-26-11-14/h1-6,8,10-11,21H,7,9,12H2. The molecular weight excluding hydrogens is 399 g/mol. The Hall–Kier alpha value is -2.17. The molecule has 0 aliphatic carbocycles. The minimum atomic E-state index is -4.44. The average molecular weight is 415 g/mol. The number of nitrogens with one attached hydrogen (secondary N) is 1. The number of benzene rings is 1. The summed E-state index contributed by atoms with van der Waals surface area (Å²) >= 11 is 1.56. The van der Waals surface area contributed by atoms with Gasteiger partial charge in [0.15, 0.2) is 0 Å². The van der Waals surface area contributed by atoms with Gasteiger partial charge in [-0.3, -0.25) is 4.68 Å². The van der Waals surface area contributed by atoms with Crippen molar-refractivity contribution in [1.29, 1.82) is 0 Å². The Morgan fingerprint density at radius 3 is 2.48 bits per heavy atom. The first-order chi connectivity index (χ1) is 12.7. The highest BCUT2D eigenvalue weighted by atomic mass is 32.2. The summed E-state index contributed by atoms with van der Waals surface area (Å²) in [6.07, 6.45) is -2.68. The molecule has 3 rings (SSSR count). The van der Waals surface area contributed by atoms with E-state index < -0.39 is 21.8 Å². The van der Waals surface area contributed by atoms with Crippen LogP contribution in [0.3, 0.4) is 0 Å². The van der Waals surface area contributed by atoms with Crippen LogP contribution in [0.1, 0.15) is 11.1 Å². The van der Waals surface area contributed by atoms with Gasteiger partial charge >= 0.3 is 6.18 Å². The number of hydrogen-bond donors (Lipinski definition) is 1. The van der Waals surface area contributed by atoms with Crippen LogP contribution in [0.2, 0.25) is 0 Å². The topological polar surface area (TPSA) is 64.0 Å². The maximum Gasteiger partial charge on any atom is 0.416 e. The predicted molar refractivity (Wildman–Crippen MR) is 97.6 cm³/mol. The molecule has 2 aromatic heterocycles. The van der Waals surface area contributed by atoms with Gasteiger partial charge in [0.05, 0.1) is 23.6 Å². The second-order valence-electron chi connectivity index (χ2n) is 5.82. The Morgan fingerprint density at radius 1 is 1.11 bits per heavy atom. The lowest BCUT2D eigenvalue weighted by molar-refractivity contribution is -0.137. The fourth-order valence-electron chi connectivity index (χ4n) is 2.43. The van der Waals surface area contributed by atoms with Gasteiger partial charge in [-0.2, -0.15) is 29.6 Å². The molecule has 1 aromatic carbocycles. The minimum Gasteiger partial charge on any atom is -0.271 e. The van der Waals surface area contributed by atoms with Crippen molar-refractivity contribution in [1.82, 2.24) is 14.5 Å². The van der Waals surface area contributed by atoms with Crippen LogP contribution < -0.4 is 4.72 Å². The molecule has 3 aromatic rings. The smallest absolute Gasteiger partial charge is 0.271 e. The third-order valence-corrected chi connectivity index (χ3v) is 5.80. The van der Waals surface area contributed by atoms with Crippen molar-refractivity contribution in [3.05, 3.63) is 64.5 Å². The summed E-state index contributed by atoms with van der Waals surface area (Å²) in [6.45, 7) is 0.476. The lowest BCUT2D eigenvalue weighted by Gasteiger charge is -2.09. The van der Waals surface area contributed by atoms with E-state index in [1.54, 1.807) is 22.2 Å². The van der Waals surface area contributed by atoms with Gasteiger partial charge in [-0.1, -0.05) is 12.1 Å². The largest absolute Gasteiger partial charge is 0.416 e. The number of nitrogens with zero attached hydrogens (tertiary/aromatic N) is 2. The van der Waals surface area contributed by atoms with Gasteiger partial charge in [-0.25, -0.2) is 13.1 Å². The monoisotopic (exact) mass is 415 g/mol. The summed E-state index contributed by atoms with van der Waals surface area (Å²) in [5.74, 6) is -0.385. The van der Waals surface area contributed by atoms with E-state index in [0.29, 0.717) is 6.54 Å². The van der Waals surface area contributed by atoms with Crippen molar-refractivity contribution in [2.24, 2.45) is 0 Å². The van der Waals surface area contributed by atoms with E-state index in [1.165, 1.54) is 12.1 Å². The summed E-state index contributed by atoms with van der Waals surface area (Å²) in [7, 11) is -3.66. The molecule has 0 aliphatic rings. The molecule has 0 spiro atoms. The Morgan fingerprint density at radius 2 is 1.85 bits per heavy atom. The molecule has 144 valence electrons. The predicted octanol–water partition coefficient (Wildman–Crippen LogP) is 3.75. The van der Waals surface area contributed by atoms with Gasteiger partial charge in [-0.05, 0) is 35.2 Å². The first-order valence-corrected chi connectivity index (χ1v) is 10.5. The van der Waals surface area contributed by atoms with Crippen LogP contribution in [0.25, 0.3) is 11.3 Å². The fourth-order valence-corrected chi connectivity index (χ4v) is 4.21. The number of halogens is 3. The maximum atomic E-state index is 12.5. The van der Waals surface area contributed by atoms with Crippen molar-refractivity contribution in [3.8, 4) is 11.3 Å². The number of hydrogen-bond acceptors (Lipinski definition) is 4. The molecule has 5 nitrogen and oxygen atoms in total. The number of thiophene rings is 1. The van der Waals surface area contributed by atoms with Crippen LogP contribution >= 0.6 is 11.3 Å². The minimum absolute atomic E-state index is 0.133. The first kappa shape index (κ1) is 19.6. The van der Waals surface area contributed by atoms with Crippen LogP contribution in [0.5, 0.6) is 0 Å². The van der Waals surface area contributed by atoms with Crippen LogP contribution in [0, 0.1) is 0 Å². The fraction of sp³-hybridized carbons (Fsp3) is 0.235. The molecule has 27 heavy (non-hydrogen) atoms. The molecule has 10 heteroatoms. The summed E-state index contributed by atoms with van der Waals surface area (Å²) < 4.78 is 65.9. The molecule has 1 N–H and O–H groups in total. The molecule has 2 heterocycles. The van der Waals surface area contributed by atoms with Gasteiger partial charge in [0.1, 0.15) is 0 Å². The van der Waals surface area contributed by atoms with Gasteiger partial charge in [0, 0.05) is 23.7 Å². The molecular formula is C17H16F3N3O2S2. The normalized spacial score (nSPS) is 12.4. The van der Waals surface area contributed by atoms with E-state index >= 15 is 0 Å². The zero-order valence-electron chi connectivity index (χ0n) is 14.0. The average Bonchev–Trinajstić information content (AvgIpc) is 3.25. The number of aromatic nitrogens is 2. The van der Waals surface area contributed by atoms with Crippen LogP contribution in [-0.2, 0) is 28.5 Å². The second kappa shape index (κ2) is 7.83. The zero-order chi connectivity index (χ0) is 19.5. The third-order valence-electron chi connectivity index (χ3n) is 3.76.